The lowest BCUT2D eigenvalue weighted by Crippen LogP contribution is -2.51. The molecule has 2 saturated carbocycles. The van der Waals surface area contributed by atoms with E-state index in [4.69, 9.17) is 0 Å². The number of hydrogen-bond acceptors (Lipinski definition) is 1. The summed E-state index contributed by atoms with van der Waals surface area (Å²) in [5.74, 6) is 3.67. The summed E-state index contributed by atoms with van der Waals surface area (Å²) in [4.78, 5) is 0. The average Bonchev–Trinajstić information content (AvgIpc) is 2.80. The molecule has 0 aromatic carbocycles. The van der Waals surface area contributed by atoms with Crippen molar-refractivity contribution in [2.24, 2.45) is 35.0 Å². The molecule has 2 aliphatic rings. The van der Waals surface area contributed by atoms with Gasteiger partial charge in [-0.3, -0.25) is 0 Å². The molecule has 1 heteroatoms. The Hall–Kier alpha value is -0.0400. The van der Waals surface area contributed by atoms with Gasteiger partial charge in [-0.1, -0.05) is 53.9 Å². The molecule has 5 atom stereocenters. The molecule has 2 aliphatic carbocycles. The zero-order valence-electron chi connectivity index (χ0n) is 13.7. The van der Waals surface area contributed by atoms with Crippen LogP contribution in [-0.2, 0) is 0 Å². The summed E-state index contributed by atoms with van der Waals surface area (Å²) in [6, 6.07) is 0. The van der Waals surface area contributed by atoms with Crippen molar-refractivity contribution in [1.29, 1.82) is 0 Å². The predicted octanol–water partition coefficient (Wildman–Crippen LogP) is 4.88. The zero-order chi connectivity index (χ0) is 14.2. The van der Waals surface area contributed by atoms with E-state index in [1.54, 1.807) is 0 Å². The Balaban J connectivity index is 1.81. The highest BCUT2D eigenvalue weighted by Gasteiger charge is 2.49. The van der Waals surface area contributed by atoms with Crippen LogP contribution >= 0.6 is 0 Å². The normalized spacial score (nSPS) is 39.6. The molecule has 1 nitrogen and oxygen atoms in total. The zero-order valence-corrected chi connectivity index (χ0v) is 13.7. The SMILES string of the molecule is CCC1CCC(CC2CC(C(C)(C)C(C)C)C2O)C1. The highest BCUT2D eigenvalue weighted by atomic mass is 16.3. The first-order valence-corrected chi connectivity index (χ1v) is 8.54. The molecule has 2 fully saturated rings. The Labute approximate surface area is 120 Å². The van der Waals surface area contributed by atoms with Gasteiger partial charge in [0.2, 0.25) is 0 Å². The first-order valence-electron chi connectivity index (χ1n) is 8.54. The predicted molar refractivity (Wildman–Crippen MR) is 82.0 cm³/mol. The monoisotopic (exact) mass is 266 g/mol. The van der Waals surface area contributed by atoms with E-state index in [-0.39, 0.29) is 11.5 Å². The molecule has 0 saturated heterocycles. The van der Waals surface area contributed by atoms with Gasteiger partial charge in [-0.2, -0.15) is 0 Å². The Morgan fingerprint density at radius 1 is 1.11 bits per heavy atom. The fourth-order valence-corrected chi connectivity index (χ4v) is 4.34. The number of hydrogen-bond donors (Lipinski definition) is 1. The van der Waals surface area contributed by atoms with E-state index in [9.17, 15) is 5.11 Å². The molecule has 0 bridgehead atoms. The van der Waals surface area contributed by atoms with Gasteiger partial charge in [-0.15, -0.1) is 0 Å². The molecule has 1 N–H and O–H groups in total. The number of rotatable bonds is 5. The highest BCUT2D eigenvalue weighted by Crippen LogP contribution is 2.52. The Morgan fingerprint density at radius 3 is 2.21 bits per heavy atom. The third kappa shape index (κ3) is 3.01. The van der Waals surface area contributed by atoms with Crippen LogP contribution in [0.3, 0.4) is 0 Å². The maximum Gasteiger partial charge on any atom is 0.0602 e. The van der Waals surface area contributed by atoms with Gasteiger partial charge >= 0.3 is 0 Å². The van der Waals surface area contributed by atoms with Crippen LogP contribution in [0.5, 0.6) is 0 Å². The van der Waals surface area contributed by atoms with Crippen molar-refractivity contribution in [2.75, 3.05) is 0 Å². The summed E-state index contributed by atoms with van der Waals surface area (Å²) in [6.07, 6.45) is 8.16. The number of aliphatic hydroxyl groups excluding tert-OH is 1. The first-order chi connectivity index (χ1) is 8.86. The van der Waals surface area contributed by atoms with Crippen LogP contribution in [0, 0.1) is 35.0 Å². The molecule has 0 aromatic rings. The molecule has 0 heterocycles. The second-order valence-corrected chi connectivity index (χ2v) is 8.26. The summed E-state index contributed by atoms with van der Waals surface area (Å²) >= 11 is 0. The lowest BCUT2D eigenvalue weighted by atomic mass is 9.55. The van der Waals surface area contributed by atoms with Gasteiger partial charge in [0, 0.05) is 0 Å². The van der Waals surface area contributed by atoms with Gasteiger partial charge in [0.1, 0.15) is 0 Å². The molecule has 0 aliphatic heterocycles. The topological polar surface area (TPSA) is 20.2 Å². The summed E-state index contributed by atoms with van der Waals surface area (Å²) < 4.78 is 0. The van der Waals surface area contributed by atoms with Crippen LogP contribution in [-0.4, -0.2) is 11.2 Å². The molecule has 0 spiro atoms. The quantitative estimate of drug-likeness (QED) is 0.751. The molecule has 2 rings (SSSR count). The van der Waals surface area contributed by atoms with Crippen LogP contribution in [0.1, 0.15) is 73.1 Å². The Bertz CT molecular complexity index is 294. The van der Waals surface area contributed by atoms with Gasteiger partial charge in [0.05, 0.1) is 6.10 Å². The van der Waals surface area contributed by atoms with Crippen molar-refractivity contribution in [2.45, 2.75) is 79.2 Å². The van der Waals surface area contributed by atoms with Crippen molar-refractivity contribution in [3.05, 3.63) is 0 Å². The molecule has 0 aromatic heterocycles. The molecule has 19 heavy (non-hydrogen) atoms. The van der Waals surface area contributed by atoms with Crippen molar-refractivity contribution in [3.8, 4) is 0 Å². The van der Waals surface area contributed by atoms with E-state index in [1.165, 1.54) is 38.5 Å². The fraction of sp³-hybridized carbons (Fsp3) is 1.00. The average molecular weight is 266 g/mol. The molecule has 112 valence electrons. The first kappa shape index (κ1) is 15.4. The maximum absolute atomic E-state index is 10.5. The molecular formula is C18H34O. The molecule has 0 amide bonds. The van der Waals surface area contributed by atoms with Crippen LogP contribution in [0.2, 0.25) is 0 Å². The minimum Gasteiger partial charge on any atom is -0.393 e. The van der Waals surface area contributed by atoms with E-state index >= 15 is 0 Å². The van der Waals surface area contributed by atoms with Gasteiger partial charge in [0.25, 0.3) is 0 Å². The van der Waals surface area contributed by atoms with E-state index in [1.807, 2.05) is 0 Å². The second kappa shape index (κ2) is 5.76. The van der Waals surface area contributed by atoms with Crippen LogP contribution < -0.4 is 0 Å². The number of aliphatic hydroxyl groups is 1. The fourth-order valence-electron chi connectivity index (χ4n) is 4.34. The van der Waals surface area contributed by atoms with Crippen LogP contribution in [0.4, 0.5) is 0 Å². The minimum absolute atomic E-state index is 0.0296. The van der Waals surface area contributed by atoms with Crippen LogP contribution in [0.25, 0.3) is 0 Å². The smallest absolute Gasteiger partial charge is 0.0602 e. The lowest BCUT2D eigenvalue weighted by molar-refractivity contribution is -0.116. The summed E-state index contributed by atoms with van der Waals surface area (Å²) in [5.41, 5.74) is 0.289. The highest BCUT2D eigenvalue weighted by molar-refractivity contribution is 4.98. The maximum atomic E-state index is 10.5. The van der Waals surface area contributed by atoms with Crippen LogP contribution in [0.15, 0.2) is 0 Å². The third-order valence-electron chi connectivity index (χ3n) is 6.76. The summed E-state index contributed by atoms with van der Waals surface area (Å²) in [6.45, 7) is 11.6. The van der Waals surface area contributed by atoms with Crippen molar-refractivity contribution >= 4 is 0 Å². The second-order valence-electron chi connectivity index (χ2n) is 8.26. The third-order valence-corrected chi connectivity index (χ3v) is 6.76. The van der Waals surface area contributed by atoms with E-state index in [0.29, 0.717) is 17.8 Å². The lowest BCUT2D eigenvalue weighted by Gasteiger charge is -2.52. The molecular weight excluding hydrogens is 232 g/mol. The Kier molecular flexibility index (Phi) is 4.65. The standard InChI is InChI=1S/C18H34O/c1-6-13-7-8-14(9-13)10-15-11-16(17(15)19)18(4,5)12(2)3/h12-17,19H,6-11H2,1-5H3. The van der Waals surface area contributed by atoms with Crippen molar-refractivity contribution < 1.29 is 5.11 Å². The molecule has 0 radical (unpaired) electrons. The summed E-state index contributed by atoms with van der Waals surface area (Å²) in [7, 11) is 0. The van der Waals surface area contributed by atoms with E-state index in [2.05, 4.69) is 34.6 Å². The van der Waals surface area contributed by atoms with Gasteiger partial charge in [0.15, 0.2) is 0 Å². The van der Waals surface area contributed by atoms with Crippen molar-refractivity contribution in [3.63, 3.8) is 0 Å². The largest absolute Gasteiger partial charge is 0.393 e. The minimum atomic E-state index is -0.0296. The van der Waals surface area contributed by atoms with E-state index < -0.39 is 0 Å². The van der Waals surface area contributed by atoms with Crippen molar-refractivity contribution in [1.82, 2.24) is 0 Å². The van der Waals surface area contributed by atoms with E-state index in [0.717, 1.165) is 11.8 Å². The van der Waals surface area contributed by atoms with Gasteiger partial charge < -0.3 is 5.11 Å². The van der Waals surface area contributed by atoms with Gasteiger partial charge in [-0.25, -0.2) is 0 Å². The summed E-state index contributed by atoms with van der Waals surface area (Å²) in [5, 5.41) is 10.5. The van der Waals surface area contributed by atoms with Gasteiger partial charge in [-0.05, 0) is 54.3 Å². The Morgan fingerprint density at radius 2 is 1.74 bits per heavy atom. The molecule has 5 unspecified atom stereocenters.